The maximum atomic E-state index is 5.66. The number of benzene rings is 2. The molecule has 23 heavy (non-hydrogen) atoms. The molecule has 0 aliphatic heterocycles. The zero-order valence-corrected chi connectivity index (χ0v) is 13.2. The van der Waals surface area contributed by atoms with E-state index in [4.69, 9.17) is 11.5 Å². The van der Waals surface area contributed by atoms with E-state index in [1.54, 1.807) is 11.3 Å². The zero-order valence-electron chi connectivity index (χ0n) is 12.3. The van der Waals surface area contributed by atoms with Crippen LogP contribution in [0.5, 0.6) is 0 Å². The SMILES string of the molecule is Nc1ccc(C#Cc2ccc(C#Cc3ccc(N)cc3)s2)cc1. The minimum atomic E-state index is 0.743. The second kappa shape index (κ2) is 6.75. The lowest BCUT2D eigenvalue weighted by atomic mass is 10.2. The molecule has 0 radical (unpaired) electrons. The number of thiophene rings is 1. The summed E-state index contributed by atoms with van der Waals surface area (Å²) in [5, 5.41) is 0. The van der Waals surface area contributed by atoms with Crippen molar-refractivity contribution in [2.75, 3.05) is 11.5 Å². The molecule has 0 aliphatic rings. The minimum Gasteiger partial charge on any atom is -0.399 e. The van der Waals surface area contributed by atoms with Crippen molar-refractivity contribution >= 4 is 22.7 Å². The van der Waals surface area contributed by atoms with Gasteiger partial charge in [0.05, 0.1) is 9.75 Å². The predicted molar refractivity (Wildman–Crippen MR) is 98.0 cm³/mol. The van der Waals surface area contributed by atoms with Crippen molar-refractivity contribution in [3.63, 3.8) is 0 Å². The van der Waals surface area contributed by atoms with E-state index in [0.717, 1.165) is 32.3 Å². The lowest BCUT2D eigenvalue weighted by Gasteiger charge is -1.91. The number of hydrogen-bond donors (Lipinski definition) is 2. The molecule has 3 heteroatoms. The molecule has 110 valence electrons. The quantitative estimate of drug-likeness (QED) is 0.491. The number of nitrogen functional groups attached to an aromatic ring is 2. The van der Waals surface area contributed by atoms with Gasteiger partial charge in [0.25, 0.3) is 0 Å². The Morgan fingerprint density at radius 2 is 0.913 bits per heavy atom. The first-order valence-corrected chi connectivity index (χ1v) is 7.86. The Labute approximate surface area is 139 Å². The first-order chi connectivity index (χ1) is 11.2. The molecule has 0 spiro atoms. The first-order valence-electron chi connectivity index (χ1n) is 7.04. The minimum absolute atomic E-state index is 0.743. The maximum absolute atomic E-state index is 5.66. The van der Waals surface area contributed by atoms with Crippen LogP contribution < -0.4 is 11.5 Å². The van der Waals surface area contributed by atoms with Gasteiger partial charge in [-0.05, 0) is 60.7 Å². The Kier molecular flexibility index (Phi) is 4.34. The Bertz CT molecular complexity index is 850. The van der Waals surface area contributed by atoms with Crippen LogP contribution in [0.1, 0.15) is 20.9 Å². The van der Waals surface area contributed by atoms with Gasteiger partial charge >= 0.3 is 0 Å². The van der Waals surface area contributed by atoms with Crippen molar-refractivity contribution in [2.24, 2.45) is 0 Å². The highest BCUT2D eigenvalue weighted by atomic mass is 32.1. The van der Waals surface area contributed by atoms with Gasteiger partial charge in [-0.3, -0.25) is 0 Å². The zero-order chi connectivity index (χ0) is 16.1. The van der Waals surface area contributed by atoms with Crippen molar-refractivity contribution < 1.29 is 0 Å². The fourth-order valence-corrected chi connectivity index (χ4v) is 2.59. The van der Waals surface area contributed by atoms with Crippen LogP contribution in [0.2, 0.25) is 0 Å². The molecule has 0 unspecified atom stereocenters. The number of nitrogens with two attached hydrogens (primary N) is 2. The van der Waals surface area contributed by atoms with E-state index in [1.165, 1.54) is 0 Å². The van der Waals surface area contributed by atoms with Gasteiger partial charge in [-0.25, -0.2) is 0 Å². The van der Waals surface area contributed by atoms with Crippen molar-refractivity contribution in [3.05, 3.63) is 81.5 Å². The Hall–Kier alpha value is -3.14. The fraction of sp³-hybridized carbons (Fsp3) is 0. The molecule has 0 amide bonds. The van der Waals surface area contributed by atoms with Gasteiger partial charge in [0, 0.05) is 22.5 Å². The Morgan fingerprint density at radius 1 is 0.522 bits per heavy atom. The van der Waals surface area contributed by atoms with Gasteiger partial charge in [0.1, 0.15) is 0 Å². The molecule has 0 aliphatic carbocycles. The van der Waals surface area contributed by atoms with Gasteiger partial charge in [-0.15, -0.1) is 11.3 Å². The van der Waals surface area contributed by atoms with Crippen LogP contribution in [0.3, 0.4) is 0 Å². The van der Waals surface area contributed by atoms with Crippen molar-refractivity contribution in [3.8, 4) is 23.7 Å². The third-order valence-electron chi connectivity index (χ3n) is 3.09. The molecular weight excluding hydrogens is 300 g/mol. The lowest BCUT2D eigenvalue weighted by Crippen LogP contribution is -1.83. The first kappa shape index (κ1) is 14.8. The smallest absolute Gasteiger partial charge is 0.0785 e. The molecule has 1 aromatic heterocycles. The van der Waals surface area contributed by atoms with E-state index >= 15 is 0 Å². The van der Waals surface area contributed by atoms with E-state index in [-0.39, 0.29) is 0 Å². The molecule has 0 saturated carbocycles. The van der Waals surface area contributed by atoms with E-state index < -0.39 is 0 Å². The summed E-state index contributed by atoms with van der Waals surface area (Å²) in [6, 6.07) is 19.0. The largest absolute Gasteiger partial charge is 0.399 e. The average Bonchev–Trinajstić information content (AvgIpc) is 3.02. The molecule has 0 bridgehead atoms. The van der Waals surface area contributed by atoms with E-state index in [9.17, 15) is 0 Å². The van der Waals surface area contributed by atoms with Gasteiger partial charge < -0.3 is 11.5 Å². The standard InChI is InChI=1S/C20H14N2S/c21-17-7-1-15(2-8-17)5-11-19-13-14-20(23-19)12-6-16-3-9-18(22)10-4-16/h1-4,7-10,13-14H,21-22H2. The number of anilines is 2. The summed E-state index contributed by atoms with van der Waals surface area (Å²) in [5.41, 5.74) is 14.7. The Balaban J connectivity index is 1.74. The van der Waals surface area contributed by atoms with Crippen molar-refractivity contribution in [2.45, 2.75) is 0 Å². The lowest BCUT2D eigenvalue weighted by molar-refractivity contribution is 1.63. The molecule has 3 rings (SSSR count). The van der Waals surface area contributed by atoms with E-state index in [0.29, 0.717) is 0 Å². The highest BCUT2D eigenvalue weighted by Gasteiger charge is 1.94. The molecule has 0 fully saturated rings. The van der Waals surface area contributed by atoms with Gasteiger partial charge in [0.15, 0.2) is 0 Å². The van der Waals surface area contributed by atoms with E-state index in [1.807, 2.05) is 60.7 Å². The summed E-state index contributed by atoms with van der Waals surface area (Å²) < 4.78 is 0. The van der Waals surface area contributed by atoms with Crippen LogP contribution >= 0.6 is 11.3 Å². The molecule has 0 atom stereocenters. The van der Waals surface area contributed by atoms with Crippen LogP contribution in [0.4, 0.5) is 11.4 Å². The molecule has 2 nitrogen and oxygen atoms in total. The average molecular weight is 314 g/mol. The third kappa shape index (κ3) is 4.17. The molecular formula is C20H14N2S. The van der Waals surface area contributed by atoms with Crippen LogP contribution in [0.25, 0.3) is 0 Å². The second-order valence-corrected chi connectivity index (χ2v) is 5.99. The number of hydrogen-bond acceptors (Lipinski definition) is 3. The van der Waals surface area contributed by atoms with Crippen LogP contribution in [0.15, 0.2) is 60.7 Å². The summed E-state index contributed by atoms with van der Waals surface area (Å²) in [4.78, 5) is 1.98. The maximum Gasteiger partial charge on any atom is 0.0785 e. The van der Waals surface area contributed by atoms with Crippen LogP contribution in [-0.4, -0.2) is 0 Å². The predicted octanol–water partition coefficient (Wildman–Crippen LogP) is 3.71. The van der Waals surface area contributed by atoms with Crippen LogP contribution in [-0.2, 0) is 0 Å². The van der Waals surface area contributed by atoms with Gasteiger partial charge in [-0.1, -0.05) is 23.7 Å². The summed E-state index contributed by atoms with van der Waals surface area (Å²) in [6.45, 7) is 0. The normalized spacial score (nSPS) is 9.39. The van der Waals surface area contributed by atoms with Gasteiger partial charge in [0.2, 0.25) is 0 Å². The second-order valence-electron chi connectivity index (χ2n) is 4.91. The van der Waals surface area contributed by atoms with Gasteiger partial charge in [-0.2, -0.15) is 0 Å². The monoisotopic (exact) mass is 314 g/mol. The summed E-state index contributed by atoms with van der Waals surface area (Å²) in [6.07, 6.45) is 0. The molecule has 3 aromatic rings. The Morgan fingerprint density at radius 3 is 1.30 bits per heavy atom. The topological polar surface area (TPSA) is 52.0 Å². The van der Waals surface area contributed by atoms with Crippen molar-refractivity contribution in [1.82, 2.24) is 0 Å². The van der Waals surface area contributed by atoms with E-state index in [2.05, 4.69) is 23.7 Å². The van der Waals surface area contributed by atoms with Crippen molar-refractivity contribution in [1.29, 1.82) is 0 Å². The highest BCUT2D eigenvalue weighted by molar-refractivity contribution is 7.13. The van der Waals surface area contributed by atoms with Crippen LogP contribution in [0, 0.1) is 23.7 Å². The summed E-state index contributed by atoms with van der Waals surface area (Å²) in [5.74, 6) is 12.5. The third-order valence-corrected chi connectivity index (χ3v) is 4.00. The molecule has 0 saturated heterocycles. The molecule has 1 heterocycles. The molecule has 4 N–H and O–H groups in total. The molecule has 2 aromatic carbocycles. The number of rotatable bonds is 0. The summed E-state index contributed by atoms with van der Waals surface area (Å²) in [7, 11) is 0. The summed E-state index contributed by atoms with van der Waals surface area (Å²) >= 11 is 1.58. The highest BCUT2D eigenvalue weighted by Crippen LogP contribution is 2.15. The fourth-order valence-electron chi connectivity index (χ4n) is 1.87.